The standard InChI is InChI=1S/C13H18O5S/c1-9-12(13(14)15)7-10(18-9)8-19(16,17)11-5-3-2-4-6-11/h7,11H,2-6,8H2,1H3,(H,14,15). The highest BCUT2D eigenvalue weighted by atomic mass is 32.2. The van der Waals surface area contributed by atoms with Crippen molar-refractivity contribution in [2.45, 2.75) is 50.0 Å². The molecule has 0 unspecified atom stereocenters. The van der Waals surface area contributed by atoms with Crippen molar-refractivity contribution < 1.29 is 22.7 Å². The first kappa shape index (κ1) is 14.1. The molecule has 0 spiro atoms. The molecule has 1 aromatic rings. The van der Waals surface area contributed by atoms with Gasteiger partial charge in [-0.1, -0.05) is 19.3 Å². The van der Waals surface area contributed by atoms with E-state index in [1.165, 1.54) is 13.0 Å². The summed E-state index contributed by atoms with van der Waals surface area (Å²) in [6.45, 7) is 1.53. The fourth-order valence-corrected chi connectivity index (χ4v) is 4.39. The fraction of sp³-hybridized carbons (Fsp3) is 0.615. The number of carboxylic acids is 1. The van der Waals surface area contributed by atoms with Crippen molar-refractivity contribution in [1.82, 2.24) is 0 Å². The summed E-state index contributed by atoms with van der Waals surface area (Å²) in [6, 6.07) is 1.32. The van der Waals surface area contributed by atoms with E-state index in [0.29, 0.717) is 12.8 Å². The SMILES string of the molecule is Cc1oc(CS(=O)(=O)C2CCCCC2)cc1C(=O)O. The van der Waals surface area contributed by atoms with Gasteiger partial charge < -0.3 is 9.52 Å². The van der Waals surface area contributed by atoms with E-state index in [4.69, 9.17) is 9.52 Å². The number of sulfone groups is 1. The number of hydrogen-bond donors (Lipinski definition) is 1. The summed E-state index contributed by atoms with van der Waals surface area (Å²) < 4.78 is 29.7. The van der Waals surface area contributed by atoms with Crippen LogP contribution < -0.4 is 0 Å². The van der Waals surface area contributed by atoms with Crippen LogP contribution in [0.15, 0.2) is 10.5 Å². The lowest BCUT2D eigenvalue weighted by Gasteiger charge is -2.21. The Labute approximate surface area is 112 Å². The van der Waals surface area contributed by atoms with E-state index in [2.05, 4.69) is 0 Å². The molecular weight excluding hydrogens is 268 g/mol. The van der Waals surface area contributed by atoms with E-state index in [1.54, 1.807) is 0 Å². The van der Waals surface area contributed by atoms with Crippen molar-refractivity contribution in [2.24, 2.45) is 0 Å². The van der Waals surface area contributed by atoms with E-state index in [-0.39, 0.29) is 28.1 Å². The maximum absolute atomic E-state index is 12.2. The molecule has 1 saturated carbocycles. The molecule has 1 aliphatic carbocycles. The van der Waals surface area contributed by atoms with Crippen LogP contribution in [-0.4, -0.2) is 24.7 Å². The Bertz CT molecular complexity index is 564. The van der Waals surface area contributed by atoms with E-state index < -0.39 is 15.8 Å². The lowest BCUT2D eigenvalue weighted by atomic mass is 10.0. The minimum absolute atomic E-state index is 0.0360. The van der Waals surface area contributed by atoms with Gasteiger partial charge in [-0.15, -0.1) is 0 Å². The summed E-state index contributed by atoms with van der Waals surface area (Å²) in [5.74, 6) is -0.824. The average Bonchev–Trinajstić information content (AvgIpc) is 2.71. The zero-order valence-electron chi connectivity index (χ0n) is 10.9. The largest absolute Gasteiger partial charge is 0.478 e. The molecule has 1 aromatic heterocycles. The highest BCUT2D eigenvalue weighted by molar-refractivity contribution is 7.91. The zero-order valence-corrected chi connectivity index (χ0v) is 11.7. The molecule has 0 atom stereocenters. The molecule has 0 bridgehead atoms. The van der Waals surface area contributed by atoms with Crippen LogP contribution in [0.1, 0.15) is 54.0 Å². The van der Waals surface area contributed by atoms with Crippen molar-refractivity contribution in [3.8, 4) is 0 Å². The highest BCUT2D eigenvalue weighted by Crippen LogP contribution is 2.27. The van der Waals surface area contributed by atoms with Gasteiger partial charge in [0.2, 0.25) is 0 Å². The number of furan rings is 1. The fourth-order valence-electron chi connectivity index (χ4n) is 2.57. The Morgan fingerprint density at radius 2 is 2.00 bits per heavy atom. The third-order valence-corrected chi connectivity index (χ3v) is 5.78. The first-order valence-corrected chi connectivity index (χ1v) is 8.16. The lowest BCUT2D eigenvalue weighted by molar-refractivity contribution is 0.0695. The first-order chi connectivity index (χ1) is 8.90. The van der Waals surface area contributed by atoms with Gasteiger partial charge in [-0.05, 0) is 25.8 Å². The maximum Gasteiger partial charge on any atom is 0.339 e. The van der Waals surface area contributed by atoms with Gasteiger partial charge in [0.25, 0.3) is 0 Å². The van der Waals surface area contributed by atoms with Gasteiger partial charge in [0.1, 0.15) is 22.8 Å². The smallest absolute Gasteiger partial charge is 0.339 e. The summed E-state index contributed by atoms with van der Waals surface area (Å²) >= 11 is 0. The van der Waals surface area contributed by atoms with Crippen LogP contribution in [0.3, 0.4) is 0 Å². The summed E-state index contributed by atoms with van der Waals surface area (Å²) in [7, 11) is -3.25. The van der Waals surface area contributed by atoms with E-state index in [1.807, 2.05) is 0 Å². The molecule has 1 heterocycles. The van der Waals surface area contributed by atoms with Crippen molar-refractivity contribution >= 4 is 15.8 Å². The van der Waals surface area contributed by atoms with Crippen LogP contribution in [0, 0.1) is 6.92 Å². The van der Waals surface area contributed by atoms with Crippen molar-refractivity contribution in [3.05, 3.63) is 23.2 Å². The second-order valence-electron chi connectivity index (χ2n) is 5.05. The minimum atomic E-state index is -3.25. The van der Waals surface area contributed by atoms with Gasteiger partial charge in [-0.3, -0.25) is 0 Å². The Hall–Kier alpha value is -1.30. The molecule has 5 nitrogen and oxygen atoms in total. The predicted molar refractivity (Wildman–Crippen MR) is 69.9 cm³/mol. The molecule has 2 rings (SSSR count). The molecule has 0 saturated heterocycles. The summed E-state index contributed by atoms with van der Waals surface area (Å²) in [5, 5.41) is 8.61. The predicted octanol–water partition coefficient (Wildman–Crippen LogP) is 2.53. The molecule has 0 aliphatic heterocycles. The van der Waals surface area contributed by atoms with Crippen LogP contribution in [0.2, 0.25) is 0 Å². The zero-order chi connectivity index (χ0) is 14.0. The molecule has 0 amide bonds. The van der Waals surface area contributed by atoms with Gasteiger partial charge in [-0.25, -0.2) is 13.2 Å². The number of aryl methyl sites for hydroxylation is 1. The number of aromatic carboxylic acids is 1. The van der Waals surface area contributed by atoms with Crippen LogP contribution in [-0.2, 0) is 15.6 Å². The molecule has 1 aliphatic rings. The third kappa shape index (κ3) is 3.18. The summed E-state index contributed by atoms with van der Waals surface area (Å²) in [4.78, 5) is 10.9. The Kier molecular flexibility index (Phi) is 3.99. The Morgan fingerprint density at radius 3 is 2.53 bits per heavy atom. The average molecular weight is 286 g/mol. The van der Waals surface area contributed by atoms with Gasteiger partial charge in [0, 0.05) is 0 Å². The molecule has 0 radical (unpaired) electrons. The minimum Gasteiger partial charge on any atom is -0.478 e. The van der Waals surface area contributed by atoms with Crippen LogP contribution in [0.4, 0.5) is 0 Å². The number of carbonyl (C=O) groups is 1. The Morgan fingerprint density at radius 1 is 1.37 bits per heavy atom. The molecule has 0 aromatic carbocycles. The van der Waals surface area contributed by atoms with Gasteiger partial charge >= 0.3 is 5.97 Å². The first-order valence-electron chi connectivity index (χ1n) is 6.44. The normalized spacial score (nSPS) is 17.5. The number of rotatable bonds is 4. The molecule has 1 fully saturated rings. The maximum atomic E-state index is 12.2. The second-order valence-corrected chi connectivity index (χ2v) is 7.34. The van der Waals surface area contributed by atoms with Crippen LogP contribution in [0.5, 0.6) is 0 Å². The quantitative estimate of drug-likeness (QED) is 0.919. The molecule has 1 N–H and O–H groups in total. The van der Waals surface area contributed by atoms with Crippen molar-refractivity contribution in [3.63, 3.8) is 0 Å². The van der Waals surface area contributed by atoms with Crippen molar-refractivity contribution in [1.29, 1.82) is 0 Å². The molecule has 19 heavy (non-hydrogen) atoms. The molecule has 6 heteroatoms. The van der Waals surface area contributed by atoms with Crippen LogP contribution in [0.25, 0.3) is 0 Å². The number of hydrogen-bond acceptors (Lipinski definition) is 4. The molecular formula is C13H18O5S. The molecule has 106 valence electrons. The van der Waals surface area contributed by atoms with Crippen molar-refractivity contribution in [2.75, 3.05) is 0 Å². The van der Waals surface area contributed by atoms with E-state index >= 15 is 0 Å². The van der Waals surface area contributed by atoms with Gasteiger partial charge in [0.05, 0.1) is 5.25 Å². The van der Waals surface area contributed by atoms with Crippen LogP contribution >= 0.6 is 0 Å². The monoisotopic (exact) mass is 286 g/mol. The second kappa shape index (κ2) is 5.36. The topological polar surface area (TPSA) is 84.6 Å². The summed E-state index contributed by atoms with van der Waals surface area (Å²) in [6.07, 6.45) is 4.39. The third-order valence-electron chi connectivity index (χ3n) is 3.60. The van der Waals surface area contributed by atoms with E-state index in [0.717, 1.165) is 19.3 Å². The van der Waals surface area contributed by atoms with E-state index in [9.17, 15) is 13.2 Å². The van der Waals surface area contributed by atoms with Gasteiger partial charge in [0.15, 0.2) is 9.84 Å². The van der Waals surface area contributed by atoms with Gasteiger partial charge in [-0.2, -0.15) is 0 Å². The number of carboxylic acid groups (broad SMARTS) is 1. The lowest BCUT2D eigenvalue weighted by Crippen LogP contribution is -2.25. The Balaban J connectivity index is 2.15. The summed E-state index contributed by atoms with van der Waals surface area (Å²) in [5.41, 5.74) is 0.0360. The highest BCUT2D eigenvalue weighted by Gasteiger charge is 2.29.